The minimum absolute atomic E-state index is 0.0669. The van der Waals surface area contributed by atoms with Crippen molar-refractivity contribution >= 4 is 17.2 Å². The van der Waals surface area contributed by atoms with E-state index in [0.717, 1.165) is 19.5 Å². The van der Waals surface area contributed by atoms with Crippen LogP contribution in [-0.2, 0) is 6.54 Å². The second-order valence-electron chi connectivity index (χ2n) is 6.61. The molecule has 4 rings (SSSR count). The first-order valence-corrected chi connectivity index (χ1v) is 9.17. The summed E-state index contributed by atoms with van der Waals surface area (Å²) in [4.78, 5) is 19.4. The summed E-state index contributed by atoms with van der Waals surface area (Å²) in [6.45, 7) is 2.83. The molecule has 2 aromatic rings. The number of carbonyl (C=O) groups excluding carboxylic acids is 1. The summed E-state index contributed by atoms with van der Waals surface area (Å²) in [5, 5.41) is 7.64. The number of piperidine rings is 1. The highest BCUT2D eigenvalue weighted by Gasteiger charge is 2.57. The van der Waals surface area contributed by atoms with Crippen molar-refractivity contribution in [3.05, 3.63) is 52.5 Å². The molecular weight excluding hydrogens is 306 g/mol. The number of nitrogens with zero attached hydrogens (tertiary/aromatic N) is 2. The molecule has 1 saturated carbocycles. The van der Waals surface area contributed by atoms with Crippen molar-refractivity contribution in [2.45, 2.75) is 31.8 Å². The van der Waals surface area contributed by atoms with Crippen molar-refractivity contribution < 1.29 is 4.79 Å². The predicted molar refractivity (Wildman–Crippen MR) is 91.4 cm³/mol. The lowest BCUT2D eigenvalue weighted by Gasteiger charge is -2.29. The Kier molecular flexibility index (Phi) is 3.91. The molecule has 1 unspecified atom stereocenters. The van der Waals surface area contributed by atoms with Gasteiger partial charge in [-0.05, 0) is 72.3 Å². The van der Waals surface area contributed by atoms with Gasteiger partial charge in [0.15, 0.2) is 0 Å². The zero-order valence-electron chi connectivity index (χ0n) is 13.1. The number of pyridine rings is 1. The first-order chi connectivity index (χ1) is 11.3. The van der Waals surface area contributed by atoms with Gasteiger partial charge in [0.1, 0.15) is 5.69 Å². The summed E-state index contributed by atoms with van der Waals surface area (Å²) < 4.78 is 0. The average Bonchev–Trinajstić information content (AvgIpc) is 3.04. The summed E-state index contributed by atoms with van der Waals surface area (Å²) >= 11 is 1.68. The number of carbonyl (C=O) groups is 1. The molecule has 1 amide bonds. The largest absolute Gasteiger partial charge is 0.329 e. The Labute approximate surface area is 140 Å². The van der Waals surface area contributed by atoms with Gasteiger partial charge in [-0.25, -0.2) is 0 Å². The number of amides is 1. The molecule has 1 spiro atoms. The lowest BCUT2D eigenvalue weighted by atomic mass is 9.93. The number of aromatic nitrogens is 1. The minimum atomic E-state index is 0.0669. The lowest BCUT2D eigenvalue weighted by molar-refractivity contribution is 0.0686. The van der Waals surface area contributed by atoms with Crippen LogP contribution in [0.2, 0.25) is 0 Å². The summed E-state index contributed by atoms with van der Waals surface area (Å²) in [6.07, 6.45) is 5.18. The first kappa shape index (κ1) is 14.8. The normalized spacial score (nSPS) is 22.0. The van der Waals surface area contributed by atoms with Crippen LogP contribution in [0, 0.1) is 5.41 Å². The highest BCUT2D eigenvalue weighted by molar-refractivity contribution is 7.07. The van der Waals surface area contributed by atoms with E-state index in [9.17, 15) is 4.79 Å². The third-order valence-electron chi connectivity index (χ3n) is 5.20. The fraction of sp³-hybridized carbons (Fsp3) is 0.444. The zero-order valence-corrected chi connectivity index (χ0v) is 13.9. The topological polar surface area (TPSA) is 45.2 Å². The van der Waals surface area contributed by atoms with Gasteiger partial charge in [-0.3, -0.25) is 9.78 Å². The molecule has 1 N–H and O–H groups in total. The Balaban J connectivity index is 1.58. The van der Waals surface area contributed by atoms with Crippen LogP contribution in [0.25, 0.3) is 0 Å². The molecule has 1 atom stereocenters. The highest BCUT2D eigenvalue weighted by atomic mass is 32.1. The van der Waals surface area contributed by atoms with Crippen LogP contribution >= 0.6 is 11.3 Å². The average molecular weight is 327 g/mol. The van der Waals surface area contributed by atoms with Gasteiger partial charge in [0.05, 0.1) is 0 Å². The molecule has 3 heterocycles. The monoisotopic (exact) mass is 327 g/mol. The van der Waals surface area contributed by atoms with Gasteiger partial charge in [0.2, 0.25) is 0 Å². The third-order valence-corrected chi connectivity index (χ3v) is 5.93. The van der Waals surface area contributed by atoms with Crippen LogP contribution in [0.5, 0.6) is 0 Å². The summed E-state index contributed by atoms with van der Waals surface area (Å²) in [5.74, 6) is 0.0669. The highest BCUT2D eigenvalue weighted by Crippen LogP contribution is 2.56. The van der Waals surface area contributed by atoms with Crippen molar-refractivity contribution in [3.8, 4) is 0 Å². The number of hydrogen-bond donors (Lipinski definition) is 1. The molecule has 1 saturated heterocycles. The van der Waals surface area contributed by atoms with Gasteiger partial charge in [0, 0.05) is 18.8 Å². The Hall–Kier alpha value is -1.72. The Morgan fingerprint density at radius 1 is 1.35 bits per heavy atom. The molecule has 120 valence electrons. The number of thiophene rings is 1. The second kappa shape index (κ2) is 6.06. The predicted octanol–water partition coefficient (Wildman–Crippen LogP) is 2.93. The van der Waals surface area contributed by atoms with E-state index < -0.39 is 0 Å². The van der Waals surface area contributed by atoms with Gasteiger partial charge in [-0.2, -0.15) is 11.3 Å². The second-order valence-corrected chi connectivity index (χ2v) is 7.39. The van der Waals surface area contributed by atoms with E-state index in [-0.39, 0.29) is 5.91 Å². The van der Waals surface area contributed by atoms with E-state index in [2.05, 4.69) is 32.0 Å². The van der Waals surface area contributed by atoms with Gasteiger partial charge in [0.25, 0.3) is 5.91 Å². The SMILES string of the molecule is O=C(c1ccccn1)N(Cc1ccsc1)C1CC12CCNCC2. The molecule has 4 nitrogen and oxygen atoms in total. The molecule has 0 radical (unpaired) electrons. The smallest absolute Gasteiger partial charge is 0.273 e. The van der Waals surface area contributed by atoms with Crippen molar-refractivity contribution in [2.75, 3.05) is 13.1 Å². The molecular formula is C18H21N3OS. The molecule has 2 aliphatic rings. The fourth-order valence-electron chi connectivity index (χ4n) is 3.77. The van der Waals surface area contributed by atoms with Crippen LogP contribution in [-0.4, -0.2) is 34.9 Å². The van der Waals surface area contributed by atoms with Crippen LogP contribution in [0.3, 0.4) is 0 Å². The first-order valence-electron chi connectivity index (χ1n) is 8.22. The molecule has 23 heavy (non-hydrogen) atoms. The van der Waals surface area contributed by atoms with Gasteiger partial charge < -0.3 is 10.2 Å². The Morgan fingerprint density at radius 3 is 2.91 bits per heavy atom. The van der Waals surface area contributed by atoms with Crippen molar-refractivity contribution in [2.24, 2.45) is 5.41 Å². The van der Waals surface area contributed by atoms with Gasteiger partial charge >= 0.3 is 0 Å². The fourth-order valence-corrected chi connectivity index (χ4v) is 4.43. The van der Waals surface area contributed by atoms with E-state index >= 15 is 0 Å². The van der Waals surface area contributed by atoms with Crippen LogP contribution < -0.4 is 5.32 Å². The van der Waals surface area contributed by atoms with Crippen molar-refractivity contribution in [1.82, 2.24) is 15.2 Å². The van der Waals surface area contributed by atoms with E-state index in [1.165, 1.54) is 18.4 Å². The van der Waals surface area contributed by atoms with E-state index in [4.69, 9.17) is 0 Å². The molecule has 2 aromatic heterocycles. The maximum Gasteiger partial charge on any atom is 0.273 e. The molecule has 5 heteroatoms. The standard InChI is InChI=1S/C18H21N3OS/c22-17(15-3-1-2-7-20-15)21(12-14-4-10-23-13-14)16-11-18(16)5-8-19-9-6-18/h1-4,7,10,13,16,19H,5-6,8-9,11-12H2. The third kappa shape index (κ3) is 2.91. The van der Waals surface area contributed by atoms with E-state index in [0.29, 0.717) is 23.7 Å². The van der Waals surface area contributed by atoms with Crippen molar-refractivity contribution in [1.29, 1.82) is 0 Å². The van der Waals surface area contributed by atoms with Gasteiger partial charge in [-0.1, -0.05) is 6.07 Å². The molecule has 2 fully saturated rings. The Bertz CT molecular complexity index is 665. The molecule has 0 bridgehead atoms. The molecule has 0 aromatic carbocycles. The summed E-state index contributed by atoms with van der Waals surface area (Å²) in [7, 11) is 0. The maximum atomic E-state index is 13.0. The number of hydrogen-bond acceptors (Lipinski definition) is 4. The zero-order chi connectivity index (χ0) is 15.7. The quantitative estimate of drug-likeness (QED) is 0.939. The number of nitrogens with one attached hydrogen (secondary N) is 1. The molecule has 1 aliphatic heterocycles. The van der Waals surface area contributed by atoms with E-state index in [1.807, 2.05) is 18.2 Å². The molecule has 1 aliphatic carbocycles. The minimum Gasteiger partial charge on any atom is -0.329 e. The lowest BCUT2D eigenvalue weighted by Crippen LogP contribution is -2.39. The summed E-state index contributed by atoms with van der Waals surface area (Å²) in [5.41, 5.74) is 2.11. The number of rotatable bonds is 4. The van der Waals surface area contributed by atoms with Crippen LogP contribution in [0.4, 0.5) is 0 Å². The summed E-state index contributed by atoms with van der Waals surface area (Å²) in [6, 6.07) is 8.03. The Morgan fingerprint density at radius 2 is 2.22 bits per heavy atom. The van der Waals surface area contributed by atoms with E-state index in [1.54, 1.807) is 17.5 Å². The van der Waals surface area contributed by atoms with Gasteiger partial charge in [-0.15, -0.1) is 0 Å². The maximum absolute atomic E-state index is 13.0. The van der Waals surface area contributed by atoms with Crippen molar-refractivity contribution in [3.63, 3.8) is 0 Å². The van der Waals surface area contributed by atoms with Crippen LogP contribution in [0.1, 0.15) is 35.3 Å². The van der Waals surface area contributed by atoms with Crippen LogP contribution in [0.15, 0.2) is 41.2 Å².